The van der Waals surface area contributed by atoms with Gasteiger partial charge < -0.3 is 14.6 Å². The molecule has 7 heteroatoms. The van der Waals surface area contributed by atoms with Crippen LogP contribution in [0.25, 0.3) is 0 Å². The van der Waals surface area contributed by atoms with Crippen molar-refractivity contribution in [3.63, 3.8) is 0 Å². The second kappa shape index (κ2) is 7.82. The van der Waals surface area contributed by atoms with Crippen LogP contribution in [0.1, 0.15) is 43.9 Å². The Morgan fingerprint density at radius 2 is 1.92 bits per heavy atom. The molecule has 2 aromatic rings. The summed E-state index contributed by atoms with van der Waals surface area (Å²) in [6.45, 7) is 9.53. The maximum atomic E-state index is 6.07. The summed E-state index contributed by atoms with van der Waals surface area (Å²) in [4.78, 5) is 15.6. The van der Waals surface area contributed by atoms with Crippen molar-refractivity contribution >= 4 is 0 Å². The molecular formula is C19H30N6O. The molecule has 2 aromatic heterocycles. The highest BCUT2D eigenvalue weighted by Gasteiger charge is 2.33. The standard InChI is InChI=1S/C19H30N6O/c1-19(2,3)18-22-9-14(10-23-18)8-20-12-16-17(24(4)6-7-26-16)15-11-21-13-25(15)5/h9-11,13,16-17,20H,6-8,12H2,1-5H3/t16-,17-/m0/s1. The second-order valence-corrected chi connectivity index (χ2v) is 8.06. The lowest BCUT2D eigenvalue weighted by Crippen LogP contribution is -2.47. The number of hydrogen-bond donors (Lipinski definition) is 1. The van der Waals surface area contributed by atoms with Crippen molar-refractivity contribution in [2.45, 2.75) is 44.9 Å². The molecule has 0 unspecified atom stereocenters. The van der Waals surface area contributed by atoms with Crippen molar-refractivity contribution in [1.82, 2.24) is 29.7 Å². The molecule has 142 valence electrons. The van der Waals surface area contributed by atoms with Crippen LogP contribution in [0.5, 0.6) is 0 Å². The minimum atomic E-state index is -0.0250. The Labute approximate surface area is 155 Å². The lowest BCUT2D eigenvalue weighted by molar-refractivity contribution is -0.0636. The summed E-state index contributed by atoms with van der Waals surface area (Å²) in [6.07, 6.45) is 7.68. The molecule has 1 fully saturated rings. The first-order valence-electron chi connectivity index (χ1n) is 9.16. The minimum Gasteiger partial charge on any atom is -0.374 e. The number of likely N-dealkylation sites (N-methyl/N-ethyl adjacent to an activating group) is 1. The highest BCUT2D eigenvalue weighted by molar-refractivity contribution is 5.11. The zero-order valence-electron chi connectivity index (χ0n) is 16.4. The molecule has 0 spiro atoms. The molecular weight excluding hydrogens is 328 g/mol. The summed E-state index contributed by atoms with van der Waals surface area (Å²) in [5, 5.41) is 3.50. The molecule has 0 amide bonds. The molecule has 0 bridgehead atoms. The maximum Gasteiger partial charge on any atom is 0.133 e. The van der Waals surface area contributed by atoms with Crippen molar-refractivity contribution in [3.05, 3.63) is 42.0 Å². The summed E-state index contributed by atoms with van der Waals surface area (Å²) in [7, 11) is 4.18. The first-order valence-corrected chi connectivity index (χ1v) is 9.16. The van der Waals surface area contributed by atoms with Gasteiger partial charge in [0.25, 0.3) is 0 Å². The normalized spacial score (nSPS) is 21.9. The van der Waals surface area contributed by atoms with Gasteiger partial charge in [-0.2, -0.15) is 0 Å². The number of aromatic nitrogens is 4. The van der Waals surface area contributed by atoms with Gasteiger partial charge >= 0.3 is 0 Å². The van der Waals surface area contributed by atoms with Gasteiger partial charge in [-0.25, -0.2) is 15.0 Å². The van der Waals surface area contributed by atoms with Crippen molar-refractivity contribution in [1.29, 1.82) is 0 Å². The van der Waals surface area contributed by atoms with Gasteiger partial charge in [-0.05, 0) is 7.05 Å². The summed E-state index contributed by atoms with van der Waals surface area (Å²) in [6, 6.07) is 0.197. The molecule has 0 aliphatic carbocycles. The van der Waals surface area contributed by atoms with Crippen LogP contribution >= 0.6 is 0 Å². The average Bonchev–Trinajstić information content (AvgIpc) is 3.00. The van der Waals surface area contributed by atoms with Crippen LogP contribution in [0.4, 0.5) is 0 Å². The van der Waals surface area contributed by atoms with E-state index in [0.29, 0.717) is 0 Å². The Bertz CT molecular complexity index is 706. The lowest BCUT2D eigenvalue weighted by Gasteiger charge is -2.39. The van der Waals surface area contributed by atoms with Crippen LogP contribution in [0.3, 0.4) is 0 Å². The molecule has 0 radical (unpaired) electrons. The molecule has 1 N–H and O–H groups in total. The number of rotatable bonds is 5. The van der Waals surface area contributed by atoms with E-state index in [1.807, 2.05) is 32.0 Å². The SMILES string of the molecule is CN1CCO[C@@H](CNCc2cnc(C(C)(C)C)nc2)[C@@H]1c1cncn1C. The molecule has 7 nitrogen and oxygen atoms in total. The number of ether oxygens (including phenoxy) is 1. The molecule has 0 aromatic carbocycles. The van der Waals surface area contributed by atoms with E-state index in [1.54, 1.807) is 0 Å². The van der Waals surface area contributed by atoms with Gasteiger partial charge in [-0.1, -0.05) is 20.8 Å². The van der Waals surface area contributed by atoms with Gasteiger partial charge in [-0.3, -0.25) is 4.90 Å². The largest absolute Gasteiger partial charge is 0.374 e. The van der Waals surface area contributed by atoms with Crippen LogP contribution in [0.2, 0.25) is 0 Å². The van der Waals surface area contributed by atoms with Gasteiger partial charge in [0.1, 0.15) is 5.82 Å². The average molecular weight is 358 g/mol. The Kier molecular flexibility index (Phi) is 5.70. The maximum absolute atomic E-state index is 6.07. The zero-order chi connectivity index (χ0) is 18.7. The van der Waals surface area contributed by atoms with E-state index in [4.69, 9.17) is 4.74 Å². The molecule has 1 aliphatic rings. The summed E-state index contributed by atoms with van der Waals surface area (Å²) in [5.41, 5.74) is 2.24. The van der Waals surface area contributed by atoms with Crippen LogP contribution in [0, 0.1) is 0 Å². The number of nitrogens with zero attached hydrogens (tertiary/aromatic N) is 5. The first kappa shape index (κ1) is 18.9. The Hall–Kier alpha value is -1.83. The van der Waals surface area contributed by atoms with Crippen molar-refractivity contribution < 1.29 is 4.74 Å². The van der Waals surface area contributed by atoms with Crippen LogP contribution in [-0.4, -0.2) is 57.3 Å². The third-order valence-corrected chi connectivity index (χ3v) is 4.81. The number of imidazole rings is 1. The molecule has 3 heterocycles. The van der Waals surface area contributed by atoms with Crippen molar-refractivity contribution in [2.24, 2.45) is 7.05 Å². The number of nitrogens with one attached hydrogen (secondary N) is 1. The molecule has 0 saturated carbocycles. The molecule has 2 atom stereocenters. The zero-order valence-corrected chi connectivity index (χ0v) is 16.4. The fourth-order valence-corrected chi connectivity index (χ4v) is 3.29. The molecule has 1 aliphatic heterocycles. The van der Waals surface area contributed by atoms with E-state index in [0.717, 1.165) is 37.6 Å². The predicted octanol–water partition coefficient (Wildman–Crippen LogP) is 1.67. The van der Waals surface area contributed by atoms with Crippen LogP contribution in [0.15, 0.2) is 24.9 Å². The van der Waals surface area contributed by atoms with Gasteiger partial charge in [0.2, 0.25) is 0 Å². The van der Waals surface area contributed by atoms with E-state index >= 15 is 0 Å². The van der Waals surface area contributed by atoms with Crippen molar-refractivity contribution in [2.75, 3.05) is 26.7 Å². The third-order valence-electron chi connectivity index (χ3n) is 4.81. The van der Waals surface area contributed by atoms with E-state index in [9.17, 15) is 0 Å². The second-order valence-electron chi connectivity index (χ2n) is 8.06. The fourth-order valence-electron chi connectivity index (χ4n) is 3.29. The molecule has 1 saturated heterocycles. The van der Waals surface area contributed by atoms with E-state index < -0.39 is 0 Å². The lowest BCUT2D eigenvalue weighted by atomic mass is 9.96. The molecule has 26 heavy (non-hydrogen) atoms. The van der Waals surface area contributed by atoms with Gasteiger partial charge in [0, 0.05) is 56.3 Å². The van der Waals surface area contributed by atoms with E-state index in [-0.39, 0.29) is 17.6 Å². The number of morpholine rings is 1. The van der Waals surface area contributed by atoms with Crippen LogP contribution in [-0.2, 0) is 23.7 Å². The summed E-state index contributed by atoms with van der Waals surface area (Å²) < 4.78 is 8.14. The molecule has 3 rings (SSSR count). The van der Waals surface area contributed by atoms with Gasteiger partial charge in [0.05, 0.1) is 30.8 Å². The minimum absolute atomic E-state index is 0.0250. The predicted molar refractivity (Wildman–Crippen MR) is 101 cm³/mol. The summed E-state index contributed by atoms with van der Waals surface area (Å²) >= 11 is 0. The highest BCUT2D eigenvalue weighted by Crippen LogP contribution is 2.27. The Balaban J connectivity index is 1.60. The first-order chi connectivity index (χ1) is 12.4. The van der Waals surface area contributed by atoms with E-state index in [2.05, 4.69) is 57.6 Å². The van der Waals surface area contributed by atoms with Gasteiger partial charge in [-0.15, -0.1) is 0 Å². The number of aryl methyl sites for hydroxylation is 1. The monoisotopic (exact) mass is 358 g/mol. The van der Waals surface area contributed by atoms with E-state index in [1.165, 1.54) is 5.69 Å². The van der Waals surface area contributed by atoms with Crippen molar-refractivity contribution in [3.8, 4) is 0 Å². The van der Waals surface area contributed by atoms with Crippen LogP contribution < -0.4 is 5.32 Å². The number of hydrogen-bond acceptors (Lipinski definition) is 6. The summed E-state index contributed by atoms with van der Waals surface area (Å²) in [5.74, 6) is 0.870. The quantitative estimate of drug-likeness (QED) is 0.877. The third kappa shape index (κ3) is 4.28. The van der Waals surface area contributed by atoms with Gasteiger partial charge in [0.15, 0.2) is 0 Å². The Morgan fingerprint density at radius 3 is 2.54 bits per heavy atom. The fraction of sp³-hybridized carbons (Fsp3) is 0.632. The topological polar surface area (TPSA) is 68.1 Å². The smallest absolute Gasteiger partial charge is 0.133 e. The highest BCUT2D eigenvalue weighted by atomic mass is 16.5. The Morgan fingerprint density at radius 1 is 1.19 bits per heavy atom.